The minimum Gasteiger partial charge on any atom is -0.377 e. The average Bonchev–Trinajstić information content (AvgIpc) is 2.88. The third kappa shape index (κ3) is 4.05. The van der Waals surface area contributed by atoms with Crippen molar-refractivity contribution in [1.29, 1.82) is 0 Å². The van der Waals surface area contributed by atoms with Gasteiger partial charge in [-0.2, -0.15) is 0 Å². The van der Waals surface area contributed by atoms with Crippen molar-refractivity contribution in [3.63, 3.8) is 0 Å². The van der Waals surface area contributed by atoms with Crippen molar-refractivity contribution >= 4 is 5.91 Å². The van der Waals surface area contributed by atoms with E-state index < -0.39 is 6.04 Å². The molecule has 0 radical (unpaired) electrons. The van der Waals surface area contributed by atoms with Crippen molar-refractivity contribution in [2.45, 2.75) is 39.3 Å². The first kappa shape index (κ1) is 16.0. The molecule has 0 bridgehead atoms. The van der Waals surface area contributed by atoms with E-state index in [9.17, 15) is 4.79 Å². The Kier molecular flexibility index (Phi) is 5.01. The van der Waals surface area contributed by atoms with Crippen LogP contribution in [0.25, 0.3) is 0 Å². The first-order chi connectivity index (χ1) is 9.89. The van der Waals surface area contributed by atoms with Gasteiger partial charge in [-0.05, 0) is 17.4 Å². The van der Waals surface area contributed by atoms with Crippen LogP contribution in [-0.4, -0.2) is 25.2 Å². The summed E-state index contributed by atoms with van der Waals surface area (Å²) in [6.07, 6.45) is 1.24. The number of nitrogens with one attached hydrogen (secondary N) is 1. The molecule has 1 saturated heterocycles. The van der Waals surface area contributed by atoms with Crippen LogP contribution < -0.4 is 11.1 Å². The second-order valence-electron chi connectivity index (χ2n) is 6.86. The zero-order chi connectivity index (χ0) is 15.5. The van der Waals surface area contributed by atoms with Crippen LogP contribution in [-0.2, 0) is 9.53 Å². The van der Waals surface area contributed by atoms with Crippen LogP contribution in [0.3, 0.4) is 0 Å². The Morgan fingerprint density at radius 1 is 1.38 bits per heavy atom. The highest BCUT2D eigenvalue weighted by Gasteiger charge is 2.37. The number of nitrogens with two attached hydrogens (primary N) is 1. The van der Waals surface area contributed by atoms with Gasteiger partial charge in [0.15, 0.2) is 0 Å². The molecule has 116 valence electrons. The quantitative estimate of drug-likeness (QED) is 0.874. The van der Waals surface area contributed by atoms with E-state index in [-0.39, 0.29) is 17.4 Å². The second-order valence-corrected chi connectivity index (χ2v) is 6.86. The average molecular weight is 290 g/mol. The normalized spacial score (nSPS) is 24.0. The van der Waals surface area contributed by atoms with Gasteiger partial charge < -0.3 is 15.8 Å². The Morgan fingerprint density at radius 2 is 2.05 bits per heavy atom. The lowest BCUT2D eigenvalue weighted by atomic mass is 9.81. The van der Waals surface area contributed by atoms with E-state index in [1.54, 1.807) is 0 Å². The summed E-state index contributed by atoms with van der Waals surface area (Å²) in [6.45, 7) is 8.11. The van der Waals surface area contributed by atoms with E-state index in [1.807, 2.05) is 30.3 Å². The summed E-state index contributed by atoms with van der Waals surface area (Å²) in [7, 11) is 0. The van der Waals surface area contributed by atoms with Gasteiger partial charge in [0.05, 0.1) is 6.10 Å². The van der Waals surface area contributed by atoms with E-state index in [0.29, 0.717) is 5.92 Å². The highest BCUT2D eigenvalue weighted by atomic mass is 16.5. The van der Waals surface area contributed by atoms with E-state index in [2.05, 4.69) is 26.1 Å². The van der Waals surface area contributed by atoms with Crippen molar-refractivity contribution in [2.24, 2.45) is 17.1 Å². The molecule has 1 amide bonds. The molecular formula is C17H26N2O2. The molecule has 0 aromatic heterocycles. The van der Waals surface area contributed by atoms with Crippen LogP contribution in [0.4, 0.5) is 0 Å². The fourth-order valence-corrected chi connectivity index (χ4v) is 3.10. The molecule has 1 aliphatic heterocycles. The predicted molar refractivity (Wildman–Crippen MR) is 83.7 cm³/mol. The van der Waals surface area contributed by atoms with Crippen LogP contribution in [0.5, 0.6) is 0 Å². The van der Waals surface area contributed by atoms with Crippen molar-refractivity contribution < 1.29 is 9.53 Å². The minimum atomic E-state index is -0.438. The predicted octanol–water partition coefficient (Wildman–Crippen LogP) is 2.25. The number of hydrogen-bond acceptors (Lipinski definition) is 3. The summed E-state index contributed by atoms with van der Waals surface area (Å²) in [5, 5.41) is 3.32. The van der Waals surface area contributed by atoms with Gasteiger partial charge in [-0.3, -0.25) is 4.79 Å². The van der Waals surface area contributed by atoms with Crippen LogP contribution >= 0.6 is 0 Å². The Labute approximate surface area is 127 Å². The Morgan fingerprint density at radius 3 is 2.62 bits per heavy atom. The molecule has 0 aliphatic carbocycles. The van der Waals surface area contributed by atoms with Crippen molar-refractivity contribution in [3.8, 4) is 0 Å². The number of hydrogen-bond donors (Lipinski definition) is 2. The lowest BCUT2D eigenvalue weighted by molar-refractivity contribution is -0.120. The maximum atomic E-state index is 11.7. The summed E-state index contributed by atoms with van der Waals surface area (Å²) in [5.41, 5.74) is 6.56. The van der Waals surface area contributed by atoms with E-state index in [1.165, 1.54) is 0 Å². The number of primary amides is 1. The Hall–Kier alpha value is -1.39. The number of rotatable bonds is 5. The van der Waals surface area contributed by atoms with Gasteiger partial charge in [0, 0.05) is 19.1 Å². The lowest BCUT2D eigenvalue weighted by Crippen LogP contribution is -2.41. The molecule has 4 nitrogen and oxygen atoms in total. The first-order valence-electron chi connectivity index (χ1n) is 7.59. The zero-order valence-electron chi connectivity index (χ0n) is 13.1. The van der Waals surface area contributed by atoms with Gasteiger partial charge >= 0.3 is 0 Å². The van der Waals surface area contributed by atoms with E-state index >= 15 is 0 Å². The molecule has 3 atom stereocenters. The largest absolute Gasteiger partial charge is 0.377 e. The van der Waals surface area contributed by atoms with Gasteiger partial charge in [-0.1, -0.05) is 51.1 Å². The molecule has 0 spiro atoms. The van der Waals surface area contributed by atoms with Gasteiger partial charge in [0.2, 0.25) is 5.91 Å². The fourth-order valence-electron chi connectivity index (χ4n) is 3.10. The first-order valence-corrected chi connectivity index (χ1v) is 7.59. The molecule has 1 aromatic rings. The number of amides is 1. The second kappa shape index (κ2) is 6.58. The third-order valence-corrected chi connectivity index (χ3v) is 4.07. The molecule has 1 aromatic carbocycles. The van der Waals surface area contributed by atoms with Crippen molar-refractivity contribution in [1.82, 2.24) is 5.32 Å². The van der Waals surface area contributed by atoms with Crippen LogP contribution in [0.2, 0.25) is 0 Å². The minimum absolute atomic E-state index is 0.109. The number of benzene rings is 1. The lowest BCUT2D eigenvalue weighted by Gasteiger charge is -2.32. The Balaban J connectivity index is 2.01. The molecule has 3 N–H and O–H groups in total. The van der Waals surface area contributed by atoms with Crippen LogP contribution in [0.1, 0.15) is 38.8 Å². The maximum absolute atomic E-state index is 11.7. The zero-order valence-corrected chi connectivity index (χ0v) is 13.1. The molecule has 0 unspecified atom stereocenters. The summed E-state index contributed by atoms with van der Waals surface area (Å²) in [6, 6.07) is 9.19. The molecular weight excluding hydrogens is 264 g/mol. The molecule has 0 saturated carbocycles. The standard InChI is InChI=1S/C17H26N2O2/c1-17(2,3)15-13(9-10-21-15)11-19-14(16(18)20)12-7-5-4-6-8-12/h4-8,13-15,19H,9-11H2,1-3H3,(H2,18,20)/t13-,14-,15+/m1/s1. The smallest absolute Gasteiger partial charge is 0.239 e. The summed E-state index contributed by atoms with van der Waals surface area (Å²) < 4.78 is 5.87. The summed E-state index contributed by atoms with van der Waals surface area (Å²) in [4.78, 5) is 11.7. The molecule has 21 heavy (non-hydrogen) atoms. The molecule has 1 aliphatic rings. The number of carbonyl (C=O) groups excluding carboxylic acids is 1. The number of carbonyl (C=O) groups is 1. The Bertz CT molecular complexity index is 467. The monoisotopic (exact) mass is 290 g/mol. The summed E-state index contributed by atoms with van der Waals surface area (Å²) in [5.74, 6) is 0.0722. The van der Waals surface area contributed by atoms with Gasteiger partial charge in [-0.15, -0.1) is 0 Å². The molecule has 2 rings (SSSR count). The van der Waals surface area contributed by atoms with E-state index in [4.69, 9.17) is 10.5 Å². The van der Waals surface area contributed by atoms with Crippen molar-refractivity contribution in [3.05, 3.63) is 35.9 Å². The summed E-state index contributed by atoms with van der Waals surface area (Å²) >= 11 is 0. The molecule has 4 heteroatoms. The highest BCUT2D eigenvalue weighted by Crippen LogP contribution is 2.34. The third-order valence-electron chi connectivity index (χ3n) is 4.07. The molecule has 1 heterocycles. The topological polar surface area (TPSA) is 64.3 Å². The SMILES string of the molecule is CC(C)(C)[C@H]1OCC[C@@H]1CN[C@@H](C(N)=O)c1ccccc1. The van der Waals surface area contributed by atoms with Gasteiger partial charge in [-0.25, -0.2) is 0 Å². The fraction of sp³-hybridized carbons (Fsp3) is 0.588. The van der Waals surface area contributed by atoms with Crippen LogP contribution in [0.15, 0.2) is 30.3 Å². The highest BCUT2D eigenvalue weighted by molar-refractivity contribution is 5.81. The van der Waals surface area contributed by atoms with Crippen molar-refractivity contribution in [2.75, 3.05) is 13.2 Å². The molecule has 1 fully saturated rings. The van der Waals surface area contributed by atoms with Gasteiger partial charge in [0.1, 0.15) is 6.04 Å². The van der Waals surface area contributed by atoms with Crippen LogP contribution in [0, 0.1) is 11.3 Å². The van der Waals surface area contributed by atoms with Gasteiger partial charge in [0.25, 0.3) is 0 Å². The van der Waals surface area contributed by atoms with E-state index in [0.717, 1.165) is 25.1 Å². The maximum Gasteiger partial charge on any atom is 0.239 e. The number of ether oxygens (including phenoxy) is 1.